The minimum atomic E-state index is -0.386. The number of nitrogens with one attached hydrogen (secondary N) is 1. The highest BCUT2D eigenvalue weighted by Gasteiger charge is 2.11. The molecule has 116 valence electrons. The molecular formula is C17H14N2O4. The molecule has 1 amide bonds. The molecule has 6 heteroatoms. The van der Waals surface area contributed by atoms with Crippen LogP contribution in [0.25, 0.3) is 10.8 Å². The molecule has 1 aromatic heterocycles. The highest BCUT2D eigenvalue weighted by Crippen LogP contribution is 2.26. The largest absolute Gasteiger partial charge is 0.483 e. The van der Waals surface area contributed by atoms with Gasteiger partial charge in [-0.2, -0.15) is 0 Å². The van der Waals surface area contributed by atoms with Crippen molar-refractivity contribution in [3.8, 4) is 5.75 Å². The number of carbonyl (C=O) groups is 2. The lowest BCUT2D eigenvalue weighted by Crippen LogP contribution is -2.20. The van der Waals surface area contributed by atoms with E-state index in [0.717, 1.165) is 17.1 Å². The number of nitrogens with zero attached hydrogens (tertiary/aromatic N) is 1. The van der Waals surface area contributed by atoms with Gasteiger partial charge in [0.05, 0.1) is 5.56 Å². The van der Waals surface area contributed by atoms with E-state index in [4.69, 9.17) is 9.26 Å². The molecule has 0 fully saturated rings. The number of fused-ring (bicyclic) bond motifs is 1. The zero-order valence-electron chi connectivity index (χ0n) is 12.4. The molecule has 3 rings (SSSR count). The van der Waals surface area contributed by atoms with Crippen LogP contribution in [0.3, 0.4) is 0 Å². The molecule has 0 aliphatic heterocycles. The molecule has 0 aliphatic rings. The van der Waals surface area contributed by atoms with Gasteiger partial charge in [0.25, 0.3) is 5.91 Å². The molecule has 0 saturated carbocycles. The molecule has 2 aromatic carbocycles. The van der Waals surface area contributed by atoms with Crippen LogP contribution in [-0.4, -0.2) is 24.0 Å². The maximum Gasteiger partial charge on any atom is 0.263 e. The number of amides is 1. The monoisotopic (exact) mass is 310 g/mol. The number of carbonyl (C=O) groups excluding carboxylic acids is 2. The van der Waals surface area contributed by atoms with E-state index in [9.17, 15) is 9.59 Å². The predicted molar refractivity (Wildman–Crippen MR) is 84.7 cm³/mol. The van der Waals surface area contributed by atoms with Crippen molar-refractivity contribution >= 4 is 28.8 Å². The van der Waals surface area contributed by atoms with E-state index in [-0.39, 0.29) is 12.5 Å². The van der Waals surface area contributed by atoms with Crippen LogP contribution in [-0.2, 0) is 4.79 Å². The van der Waals surface area contributed by atoms with E-state index in [0.29, 0.717) is 22.9 Å². The minimum absolute atomic E-state index is 0.231. The molecular weight excluding hydrogens is 296 g/mol. The van der Waals surface area contributed by atoms with E-state index < -0.39 is 0 Å². The molecule has 1 heterocycles. The van der Waals surface area contributed by atoms with Crippen molar-refractivity contribution < 1.29 is 18.8 Å². The Balaban J connectivity index is 1.74. The molecule has 3 aromatic rings. The van der Waals surface area contributed by atoms with Crippen LogP contribution in [0.1, 0.15) is 16.1 Å². The second-order valence-corrected chi connectivity index (χ2v) is 4.98. The highest BCUT2D eigenvalue weighted by atomic mass is 16.5. The van der Waals surface area contributed by atoms with Gasteiger partial charge in [-0.1, -0.05) is 35.5 Å². The number of benzene rings is 2. The minimum Gasteiger partial charge on any atom is -0.483 e. The van der Waals surface area contributed by atoms with Gasteiger partial charge < -0.3 is 14.6 Å². The van der Waals surface area contributed by atoms with Gasteiger partial charge in [-0.3, -0.25) is 9.59 Å². The van der Waals surface area contributed by atoms with Gasteiger partial charge in [0.2, 0.25) is 0 Å². The van der Waals surface area contributed by atoms with Crippen molar-refractivity contribution in [1.29, 1.82) is 0 Å². The first-order chi connectivity index (χ1) is 11.2. The summed E-state index contributed by atoms with van der Waals surface area (Å²) in [6, 6.07) is 12.6. The summed E-state index contributed by atoms with van der Waals surface area (Å²) in [4.78, 5) is 23.2. The van der Waals surface area contributed by atoms with Crippen LogP contribution in [0.15, 0.2) is 47.0 Å². The molecule has 0 atom stereocenters. The number of hydrogen-bond acceptors (Lipinski definition) is 5. The average molecular weight is 310 g/mol. The zero-order chi connectivity index (χ0) is 16.2. The lowest BCUT2D eigenvalue weighted by molar-refractivity contribution is -0.118. The summed E-state index contributed by atoms with van der Waals surface area (Å²) in [5, 5.41) is 7.94. The Bertz CT molecular complexity index is 870. The standard InChI is InChI=1S/C17H14N2O4/c1-11-8-16(19-23-11)18-17(21)10-22-15-7-6-12-4-2-3-5-13(12)14(15)9-20/h2-9H,10H2,1H3,(H,18,19,21). The molecule has 6 nitrogen and oxygen atoms in total. The molecule has 0 aliphatic carbocycles. The SMILES string of the molecule is Cc1cc(NC(=O)COc2ccc3ccccc3c2C=O)no1. The van der Waals surface area contributed by atoms with E-state index in [1.807, 2.05) is 30.3 Å². The summed E-state index contributed by atoms with van der Waals surface area (Å²) in [5.74, 6) is 0.901. The second kappa shape index (κ2) is 6.31. The Morgan fingerprint density at radius 3 is 2.87 bits per heavy atom. The summed E-state index contributed by atoms with van der Waals surface area (Å²) in [6.45, 7) is 1.50. The van der Waals surface area contributed by atoms with E-state index in [1.165, 1.54) is 0 Å². The number of aldehydes is 1. The normalized spacial score (nSPS) is 10.5. The maximum absolute atomic E-state index is 11.9. The van der Waals surface area contributed by atoms with Gasteiger partial charge in [0.15, 0.2) is 18.7 Å². The lowest BCUT2D eigenvalue weighted by atomic mass is 10.0. The lowest BCUT2D eigenvalue weighted by Gasteiger charge is -2.10. The third kappa shape index (κ3) is 3.21. The van der Waals surface area contributed by atoms with Crippen LogP contribution in [0.2, 0.25) is 0 Å². The van der Waals surface area contributed by atoms with Crippen LogP contribution >= 0.6 is 0 Å². The van der Waals surface area contributed by atoms with Crippen molar-refractivity contribution in [2.45, 2.75) is 6.92 Å². The van der Waals surface area contributed by atoms with Crippen molar-refractivity contribution in [2.24, 2.45) is 0 Å². The van der Waals surface area contributed by atoms with Gasteiger partial charge in [0.1, 0.15) is 11.5 Å². The Morgan fingerprint density at radius 2 is 2.13 bits per heavy atom. The first kappa shape index (κ1) is 14.8. The first-order valence-electron chi connectivity index (χ1n) is 7.00. The number of aromatic nitrogens is 1. The van der Waals surface area contributed by atoms with Crippen LogP contribution in [0.4, 0.5) is 5.82 Å². The third-order valence-electron chi connectivity index (χ3n) is 3.30. The second-order valence-electron chi connectivity index (χ2n) is 4.98. The fraction of sp³-hybridized carbons (Fsp3) is 0.118. The topological polar surface area (TPSA) is 81.4 Å². The van der Waals surface area contributed by atoms with E-state index in [1.54, 1.807) is 19.1 Å². The van der Waals surface area contributed by atoms with Gasteiger partial charge in [0, 0.05) is 6.07 Å². The van der Waals surface area contributed by atoms with Crippen molar-refractivity contribution in [3.63, 3.8) is 0 Å². The smallest absolute Gasteiger partial charge is 0.263 e. The number of hydrogen-bond donors (Lipinski definition) is 1. The molecule has 0 radical (unpaired) electrons. The van der Waals surface area contributed by atoms with Gasteiger partial charge in [-0.25, -0.2) is 0 Å². The fourth-order valence-electron chi connectivity index (χ4n) is 2.27. The summed E-state index contributed by atoms with van der Waals surface area (Å²) in [6.07, 6.45) is 0.733. The Labute approximate surface area is 132 Å². The number of ether oxygens (including phenoxy) is 1. The van der Waals surface area contributed by atoms with Gasteiger partial charge in [-0.05, 0) is 23.8 Å². The molecule has 23 heavy (non-hydrogen) atoms. The first-order valence-corrected chi connectivity index (χ1v) is 7.00. The quantitative estimate of drug-likeness (QED) is 0.733. The van der Waals surface area contributed by atoms with Crippen molar-refractivity contribution in [3.05, 3.63) is 53.8 Å². The molecule has 0 spiro atoms. The predicted octanol–water partition coefficient (Wildman–Crippen LogP) is 2.97. The number of anilines is 1. The van der Waals surface area contributed by atoms with E-state index in [2.05, 4.69) is 10.5 Å². The Kier molecular flexibility index (Phi) is 4.05. The van der Waals surface area contributed by atoms with Crippen molar-refractivity contribution in [2.75, 3.05) is 11.9 Å². The average Bonchev–Trinajstić information content (AvgIpc) is 2.97. The van der Waals surface area contributed by atoms with Gasteiger partial charge in [-0.15, -0.1) is 0 Å². The molecule has 0 unspecified atom stereocenters. The summed E-state index contributed by atoms with van der Waals surface area (Å²) >= 11 is 0. The summed E-state index contributed by atoms with van der Waals surface area (Å²) in [7, 11) is 0. The Hall–Kier alpha value is -3.15. The Morgan fingerprint density at radius 1 is 1.30 bits per heavy atom. The fourth-order valence-corrected chi connectivity index (χ4v) is 2.27. The van der Waals surface area contributed by atoms with E-state index >= 15 is 0 Å². The number of rotatable bonds is 5. The molecule has 1 N–H and O–H groups in total. The zero-order valence-corrected chi connectivity index (χ0v) is 12.4. The summed E-state index contributed by atoms with van der Waals surface area (Å²) in [5.41, 5.74) is 0.424. The van der Waals surface area contributed by atoms with Crippen molar-refractivity contribution in [1.82, 2.24) is 5.16 Å². The van der Waals surface area contributed by atoms with Crippen LogP contribution in [0.5, 0.6) is 5.75 Å². The summed E-state index contributed by atoms with van der Waals surface area (Å²) < 4.78 is 10.3. The third-order valence-corrected chi connectivity index (χ3v) is 3.30. The molecule has 0 saturated heterocycles. The van der Waals surface area contributed by atoms with Crippen LogP contribution in [0, 0.1) is 6.92 Å². The van der Waals surface area contributed by atoms with Crippen LogP contribution < -0.4 is 10.1 Å². The van der Waals surface area contributed by atoms with Gasteiger partial charge >= 0.3 is 0 Å². The maximum atomic E-state index is 11.9. The highest BCUT2D eigenvalue weighted by molar-refractivity contribution is 6.01. The molecule has 0 bridgehead atoms. The number of aryl methyl sites for hydroxylation is 1.